The number of amides is 1. The first kappa shape index (κ1) is 25.4. The molecule has 3 rings (SSSR count). The number of hydrogen-bond acceptors (Lipinski definition) is 6. The fourth-order valence-electron chi connectivity index (χ4n) is 4.73. The average molecular weight is 471 g/mol. The third-order valence-corrected chi connectivity index (χ3v) is 6.54. The molecule has 1 heterocycles. The van der Waals surface area contributed by atoms with E-state index in [1.165, 1.54) is 0 Å². The second-order valence-corrected chi connectivity index (χ2v) is 8.47. The monoisotopic (exact) mass is 470 g/mol. The molecule has 1 fully saturated rings. The van der Waals surface area contributed by atoms with Gasteiger partial charge < -0.3 is 24.6 Å². The summed E-state index contributed by atoms with van der Waals surface area (Å²) in [7, 11) is 4.70. The molecule has 0 spiro atoms. The Morgan fingerprint density at radius 3 is 2.24 bits per heavy atom. The Kier molecular flexibility index (Phi) is 8.39. The van der Waals surface area contributed by atoms with Crippen LogP contribution in [0.2, 0.25) is 0 Å². The highest BCUT2D eigenvalue weighted by Gasteiger charge is 2.49. The number of carbonyl (C=O) groups excluding carboxylic acids is 1. The molecule has 2 aromatic rings. The minimum atomic E-state index is -0.913. The minimum Gasteiger partial charge on any atom is -0.497 e. The van der Waals surface area contributed by atoms with Crippen molar-refractivity contribution in [1.29, 1.82) is 0 Å². The second kappa shape index (κ2) is 11.2. The first-order valence-electron chi connectivity index (χ1n) is 11.5. The van der Waals surface area contributed by atoms with Crippen molar-refractivity contribution >= 4 is 11.9 Å². The van der Waals surface area contributed by atoms with Crippen LogP contribution in [-0.2, 0) is 9.59 Å². The van der Waals surface area contributed by atoms with E-state index in [-0.39, 0.29) is 11.8 Å². The molecule has 4 unspecified atom stereocenters. The number of carbonyl (C=O) groups is 2. The number of carboxylic acid groups (broad SMARTS) is 1. The van der Waals surface area contributed by atoms with Gasteiger partial charge in [0.2, 0.25) is 5.91 Å². The summed E-state index contributed by atoms with van der Waals surface area (Å²) in [5.41, 5.74) is 1.65. The summed E-state index contributed by atoms with van der Waals surface area (Å²) in [6, 6.07) is 11.9. The maximum absolute atomic E-state index is 12.9. The van der Waals surface area contributed by atoms with Gasteiger partial charge >= 0.3 is 5.97 Å². The molecule has 1 saturated heterocycles. The Hall–Kier alpha value is -3.26. The minimum absolute atomic E-state index is 0.113. The standard InChI is InChI=1S/C26H34N2O6/c1-6-13-27-25(29)16(2)28-15-20(18-9-12-21(33-4)22(14-18)34-5)23(26(30)31)24(28)17-7-10-19(32-3)11-8-17/h7-12,14,16,20,23-24H,6,13,15H2,1-5H3,(H,27,29)(H,30,31). The molecule has 4 atom stereocenters. The lowest BCUT2D eigenvalue weighted by molar-refractivity contribution is -0.143. The molecule has 2 N–H and O–H groups in total. The number of benzene rings is 2. The summed E-state index contributed by atoms with van der Waals surface area (Å²) in [5.74, 6) is -0.352. The predicted octanol–water partition coefficient (Wildman–Crippen LogP) is 3.47. The first-order chi connectivity index (χ1) is 16.4. The lowest BCUT2D eigenvalue weighted by Gasteiger charge is -2.31. The van der Waals surface area contributed by atoms with Crippen molar-refractivity contribution in [2.45, 2.75) is 38.3 Å². The number of likely N-dealkylation sites (tertiary alicyclic amines) is 1. The van der Waals surface area contributed by atoms with E-state index in [1.807, 2.05) is 55.1 Å². The van der Waals surface area contributed by atoms with Gasteiger partial charge in [0, 0.05) is 25.0 Å². The summed E-state index contributed by atoms with van der Waals surface area (Å²) >= 11 is 0. The summed E-state index contributed by atoms with van der Waals surface area (Å²) in [6.45, 7) is 4.81. The van der Waals surface area contributed by atoms with E-state index < -0.39 is 24.0 Å². The van der Waals surface area contributed by atoms with Gasteiger partial charge in [0.05, 0.1) is 33.3 Å². The fourth-order valence-corrected chi connectivity index (χ4v) is 4.73. The number of nitrogens with zero attached hydrogens (tertiary/aromatic N) is 1. The Labute approximate surface area is 200 Å². The topological polar surface area (TPSA) is 97.3 Å². The van der Waals surface area contributed by atoms with Crippen molar-refractivity contribution in [3.05, 3.63) is 53.6 Å². The fraction of sp³-hybridized carbons (Fsp3) is 0.462. The van der Waals surface area contributed by atoms with E-state index in [0.717, 1.165) is 17.5 Å². The normalized spacial score (nSPS) is 21.0. The zero-order chi connectivity index (χ0) is 24.8. The Balaban J connectivity index is 2.07. The smallest absolute Gasteiger partial charge is 0.309 e. The third-order valence-electron chi connectivity index (χ3n) is 6.54. The quantitative estimate of drug-likeness (QED) is 0.549. The van der Waals surface area contributed by atoms with Crippen LogP contribution in [0.4, 0.5) is 0 Å². The van der Waals surface area contributed by atoms with E-state index in [9.17, 15) is 14.7 Å². The van der Waals surface area contributed by atoms with Crippen molar-refractivity contribution < 1.29 is 28.9 Å². The van der Waals surface area contributed by atoms with Crippen LogP contribution in [0.1, 0.15) is 43.4 Å². The lowest BCUT2D eigenvalue weighted by atomic mass is 9.82. The van der Waals surface area contributed by atoms with E-state index in [0.29, 0.717) is 30.3 Å². The number of rotatable bonds is 10. The summed E-state index contributed by atoms with van der Waals surface area (Å²) in [4.78, 5) is 27.6. The van der Waals surface area contributed by atoms with Gasteiger partial charge in [-0.25, -0.2) is 0 Å². The van der Waals surface area contributed by atoms with Crippen LogP contribution in [0, 0.1) is 5.92 Å². The number of methoxy groups -OCH3 is 3. The van der Waals surface area contributed by atoms with Crippen molar-refractivity contribution in [3.63, 3.8) is 0 Å². The Bertz CT molecular complexity index is 993. The summed E-state index contributed by atoms with van der Waals surface area (Å²) < 4.78 is 16.1. The van der Waals surface area contributed by atoms with Crippen LogP contribution < -0.4 is 19.5 Å². The maximum atomic E-state index is 12.9. The molecule has 1 aliphatic heterocycles. The molecule has 0 radical (unpaired) electrons. The summed E-state index contributed by atoms with van der Waals surface area (Å²) in [5, 5.41) is 13.3. The lowest BCUT2D eigenvalue weighted by Crippen LogP contribution is -2.45. The number of nitrogens with one attached hydrogen (secondary N) is 1. The van der Waals surface area contributed by atoms with Crippen LogP contribution in [0.5, 0.6) is 17.2 Å². The third kappa shape index (κ3) is 5.12. The Morgan fingerprint density at radius 1 is 1.03 bits per heavy atom. The van der Waals surface area contributed by atoms with Gasteiger partial charge in [0.25, 0.3) is 0 Å². The zero-order valence-electron chi connectivity index (χ0n) is 20.4. The van der Waals surface area contributed by atoms with E-state index in [4.69, 9.17) is 14.2 Å². The molecule has 0 aliphatic carbocycles. The molecule has 0 bridgehead atoms. The van der Waals surface area contributed by atoms with Gasteiger partial charge in [-0.05, 0) is 48.7 Å². The molecule has 1 aliphatic rings. The SMILES string of the molecule is CCCNC(=O)C(C)N1CC(c2ccc(OC)c(OC)c2)C(C(=O)O)C1c1ccc(OC)cc1. The van der Waals surface area contributed by atoms with E-state index in [1.54, 1.807) is 27.4 Å². The van der Waals surface area contributed by atoms with Crippen molar-refractivity contribution in [2.24, 2.45) is 5.92 Å². The van der Waals surface area contributed by atoms with Crippen molar-refractivity contribution in [2.75, 3.05) is 34.4 Å². The molecule has 0 saturated carbocycles. The summed E-state index contributed by atoms with van der Waals surface area (Å²) in [6.07, 6.45) is 0.826. The van der Waals surface area contributed by atoms with Gasteiger partial charge in [0.1, 0.15) is 5.75 Å². The molecule has 1 amide bonds. The van der Waals surface area contributed by atoms with Gasteiger partial charge in [-0.2, -0.15) is 0 Å². The molecule has 0 aromatic heterocycles. The predicted molar refractivity (Wildman–Crippen MR) is 129 cm³/mol. The second-order valence-electron chi connectivity index (χ2n) is 8.47. The molecule has 8 heteroatoms. The number of ether oxygens (including phenoxy) is 3. The van der Waals surface area contributed by atoms with Crippen LogP contribution in [0.25, 0.3) is 0 Å². The molecule has 2 aromatic carbocycles. The molecule has 8 nitrogen and oxygen atoms in total. The molecular weight excluding hydrogens is 436 g/mol. The van der Waals surface area contributed by atoms with Gasteiger partial charge in [-0.15, -0.1) is 0 Å². The highest BCUT2D eigenvalue weighted by molar-refractivity contribution is 5.82. The molecule has 184 valence electrons. The number of hydrogen-bond donors (Lipinski definition) is 2. The van der Waals surface area contributed by atoms with Crippen LogP contribution in [0.15, 0.2) is 42.5 Å². The Morgan fingerprint density at radius 2 is 1.68 bits per heavy atom. The van der Waals surface area contributed by atoms with Crippen LogP contribution in [-0.4, -0.2) is 62.3 Å². The van der Waals surface area contributed by atoms with Gasteiger partial charge in [0.15, 0.2) is 11.5 Å². The number of carboxylic acids is 1. The van der Waals surface area contributed by atoms with Crippen molar-refractivity contribution in [1.82, 2.24) is 10.2 Å². The highest BCUT2D eigenvalue weighted by atomic mass is 16.5. The highest BCUT2D eigenvalue weighted by Crippen LogP contribution is 2.48. The number of aliphatic carboxylic acids is 1. The maximum Gasteiger partial charge on any atom is 0.309 e. The van der Waals surface area contributed by atoms with E-state index in [2.05, 4.69) is 5.32 Å². The zero-order valence-corrected chi connectivity index (χ0v) is 20.4. The van der Waals surface area contributed by atoms with Crippen LogP contribution in [0.3, 0.4) is 0 Å². The van der Waals surface area contributed by atoms with Gasteiger partial charge in [-0.1, -0.05) is 25.1 Å². The van der Waals surface area contributed by atoms with E-state index >= 15 is 0 Å². The average Bonchev–Trinajstić information content (AvgIpc) is 3.27. The van der Waals surface area contributed by atoms with Crippen molar-refractivity contribution in [3.8, 4) is 17.2 Å². The first-order valence-corrected chi connectivity index (χ1v) is 11.5. The largest absolute Gasteiger partial charge is 0.497 e. The molecule has 34 heavy (non-hydrogen) atoms. The molecular formula is C26H34N2O6. The van der Waals surface area contributed by atoms with Crippen LogP contribution >= 0.6 is 0 Å². The van der Waals surface area contributed by atoms with Gasteiger partial charge in [-0.3, -0.25) is 14.5 Å².